The smallest absolute Gasteiger partial charge is 0.425 e. The molecule has 0 spiro atoms. The largest absolute Gasteiger partial charge is 0.464 e. The first-order valence-electron chi connectivity index (χ1n) is 1.90. The lowest BCUT2D eigenvalue weighted by molar-refractivity contribution is 0.173. The van der Waals surface area contributed by atoms with Crippen LogP contribution in [0.15, 0.2) is 0 Å². The van der Waals surface area contributed by atoms with Crippen LogP contribution in [-0.2, 0) is 0 Å². The van der Waals surface area contributed by atoms with Gasteiger partial charge in [0.25, 0.3) is 0 Å². The van der Waals surface area contributed by atoms with Gasteiger partial charge in [0.2, 0.25) is 0 Å². The second kappa shape index (κ2) is 3.84. The zero-order valence-electron chi connectivity index (χ0n) is 4.50. The first kappa shape index (κ1) is 9.79. The summed E-state index contributed by atoms with van der Waals surface area (Å²) in [4.78, 5) is 20.5. The number of amides is 3. The van der Waals surface area contributed by atoms with Crippen LogP contribution in [-0.4, -0.2) is 25.2 Å². The summed E-state index contributed by atoms with van der Waals surface area (Å²) in [6, 6.07) is -0.956. The van der Waals surface area contributed by atoms with Gasteiger partial charge in [0.1, 0.15) is 0 Å². The van der Waals surface area contributed by atoms with E-state index < -0.39 is 12.1 Å². The predicted octanol–water partition coefficient (Wildman–Crippen LogP) is 0.923. The van der Waals surface area contributed by atoms with Crippen LogP contribution in [0.5, 0.6) is 0 Å². The fourth-order valence-corrected chi connectivity index (χ4v) is 0.576. The lowest BCUT2D eigenvalue weighted by Gasteiger charge is -2.12. The summed E-state index contributed by atoms with van der Waals surface area (Å²) >= 11 is 10.1. The fraction of sp³-hybridized carbons (Fsp3) is 0. The molecular weight excluding hydrogens is 196 g/mol. The van der Waals surface area contributed by atoms with Crippen LogP contribution in [0.25, 0.3) is 0 Å². The Morgan fingerprint density at radius 3 is 1.70 bits per heavy atom. The molecule has 0 unspecified atom stereocenters. The Balaban J connectivity index is 4.08. The Bertz CT molecular complexity index is 160. The van der Waals surface area contributed by atoms with Crippen LogP contribution < -0.4 is 0 Å². The third-order valence-electron chi connectivity index (χ3n) is 0.533. The van der Waals surface area contributed by atoms with Crippen molar-refractivity contribution < 1.29 is 14.7 Å². The Hall–Kier alpha value is -0.210. The number of carboxylic acid groups (broad SMARTS) is 1. The van der Waals surface area contributed by atoms with Crippen LogP contribution in [0.3, 0.4) is 0 Å². The minimum atomic E-state index is -1.48. The molecule has 5 nitrogen and oxygen atoms in total. The molecule has 0 aliphatic rings. The van der Waals surface area contributed by atoms with E-state index in [9.17, 15) is 9.59 Å². The normalized spacial score (nSPS) is 8.70. The summed E-state index contributed by atoms with van der Waals surface area (Å²) in [5.41, 5.74) is 0. The van der Waals surface area contributed by atoms with Gasteiger partial charge in [0.05, 0.1) is 0 Å². The highest BCUT2D eigenvalue weighted by atomic mass is 32.2. The van der Waals surface area contributed by atoms with Gasteiger partial charge in [-0.2, -0.15) is 4.31 Å². The highest BCUT2D eigenvalue weighted by molar-refractivity contribution is 7.94. The van der Waals surface area contributed by atoms with Crippen molar-refractivity contribution >= 4 is 50.6 Å². The molecule has 0 saturated carbocycles. The molecule has 8 heteroatoms. The van der Waals surface area contributed by atoms with Crippen molar-refractivity contribution in [3.63, 3.8) is 0 Å². The number of nitrogens with zero attached hydrogens (tertiary/aromatic N) is 2. The van der Waals surface area contributed by atoms with Gasteiger partial charge in [0, 0.05) is 0 Å². The Labute approximate surface area is 73.6 Å². The maximum Gasteiger partial charge on any atom is 0.425 e. The van der Waals surface area contributed by atoms with E-state index in [1.54, 1.807) is 0 Å². The van der Waals surface area contributed by atoms with E-state index in [-0.39, 0.29) is 4.31 Å². The van der Waals surface area contributed by atoms with Gasteiger partial charge >= 0.3 is 12.1 Å². The van der Waals surface area contributed by atoms with Crippen LogP contribution in [0.2, 0.25) is 0 Å². The Morgan fingerprint density at radius 1 is 1.20 bits per heavy atom. The summed E-state index contributed by atoms with van der Waals surface area (Å²) in [6.07, 6.45) is -1.48. The van der Waals surface area contributed by atoms with E-state index in [4.69, 9.17) is 5.11 Å². The van der Waals surface area contributed by atoms with Gasteiger partial charge in [-0.15, -0.1) is 0 Å². The van der Waals surface area contributed by atoms with Crippen molar-refractivity contribution in [2.75, 3.05) is 0 Å². The average molecular weight is 200 g/mol. The van der Waals surface area contributed by atoms with E-state index in [1.165, 1.54) is 0 Å². The highest BCUT2D eigenvalue weighted by Crippen LogP contribution is 2.06. The number of urea groups is 1. The quantitative estimate of drug-likeness (QED) is 0.440. The second-order valence-corrected chi connectivity index (χ2v) is 2.68. The number of imide groups is 1. The third kappa shape index (κ3) is 2.58. The molecule has 3 amide bonds. The number of rotatable bonds is 0. The second-order valence-electron chi connectivity index (χ2n) is 1.17. The molecule has 0 bridgehead atoms. The van der Waals surface area contributed by atoms with Gasteiger partial charge in [-0.05, 0) is 0 Å². The van der Waals surface area contributed by atoms with Gasteiger partial charge in [-0.1, -0.05) is 38.4 Å². The van der Waals surface area contributed by atoms with Crippen LogP contribution in [0.4, 0.5) is 9.59 Å². The zero-order valence-corrected chi connectivity index (χ0v) is 7.18. The average Bonchev–Trinajstić information content (AvgIpc) is 1.84. The van der Waals surface area contributed by atoms with E-state index >= 15 is 0 Å². The van der Waals surface area contributed by atoms with E-state index in [2.05, 4.69) is 38.4 Å². The van der Waals surface area contributed by atoms with Crippen molar-refractivity contribution in [3.8, 4) is 0 Å². The molecule has 0 aromatic carbocycles. The molecular formula is C2H4N2O3S3. The SMILES string of the molecule is O=C(O)N(S)C(=O)N(S)S. The van der Waals surface area contributed by atoms with Crippen molar-refractivity contribution in [1.82, 2.24) is 8.02 Å². The molecule has 10 heavy (non-hydrogen) atoms. The number of thiol groups is 3. The molecule has 0 saturated heterocycles. The monoisotopic (exact) mass is 200 g/mol. The standard InChI is InChI=1S/C2H4N2O3S3/c5-1(4(9)10)3(8)2(6)7/h8-10H,(H,6,7). The van der Waals surface area contributed by atoms with Crippen LogP contribution in [0.1, 0.15) is 0 Å². The molecule has 0 aliphatic carbocycles. The summed E-state index contributed by atoms with van der Waals surface area (Å²) in [5.74, 6) is 0. The van der Waals surface area contributed by atoms with Gasteiger partial charge in [-0.3, -0.25) is 0 Å². The summed E-state index contributed by atoms with van der Waals surface area (Å²) in [7, 11) is 0. The summed E-state index contributed by atoms with van der Waals surface area (Å²) in [5, 5.41) is 8.14. The molecule has 1 N–H and O–H groups in total. The minimum Gasteiger partial charge on any atom is -0.464 e. The molecule has 0 rings (SSSR count). The molecule has 0 aromatic rings. The fourth-order valence-electron chi connectivity index (χ4n) is 0.167. The first-order chi connectivity index (χ1) is 4.46. The third-order valence-corrected chi connectivity index (χ3v) is 1.22. The molecule has 0 radical (unpaired) electrons. The van der Waals surface area contributed by atoms with E-state index in [1.807, 2.05) is 0 Å². The zero-order chi connectivity index (χ0) is 8.31. The lowest BCUT2D eigenvalue weighted by atomic mass is 11.0. The summed E-state index contributed by atoms with van der Waals surface area (Å²) < 4.78 is 0.654. The maximum absolute atomic E-state index is 10.5. The molecule has 0 aliphatic heterocycles. The van der Waals surface area contributed by atoms with E-state index in [0.717, 1.165) is 0 Å². The summed E-state index contributed by atoms with van der Waals surface area (Å²) in [6.45, 7) is 0. The number of carbonyl (C=O) groups excluding carboxylic acids is 1. The van der Waals surface area contributed by atoms with Crippen molar-refractivity contribution in [1.29, 1.82) is 0 Å². The molecule has 0 heterocycles. The topological polar surface area (TPSA) is 60.9 Å². The molecule has 0 atom stereocenters. The lowest BCUT2D eigenvalue weighted by Crippen LogP contribution is -2.31. The Kier molecular flexibility index (Phi) is 3.76. The molecule has 0 aromatic heterocycles. The maximum atomic E-state index is 10.5. The Morgan fingerprint density at radius 2 is 1.60 bits per heavy atom. The number of hydrogen-bond acceptors (Lipinski definition) is 5. The van der Waals surface area contributed by atoms with Crippen LogP contribution in [0, 0.1) is 0 Å². The highest BCUT2D eigenvalue weighted by Gasteiger charge is 2.19. The minimum absolute atomic E-state index is 0.153. The number of carbonyl (C=O) groups is 2. The van der Waals surface area contributed by atoms with Gasteiger partial charge in [-0.25, -0.2) is 13.3 Å². The molecule has 58 valence electrons. The van der Waals surface area contributed by atoms with Gasteiger partial charge < -0.3 is 5.11 Å². The first-order valence-corrected chi connectivity index (χ1v) is 3.10. The van der Waals surface area contributed by atoms with Gasteiger partial charge in [0.15, 0.2) is 0 Å². The van der Waals surface area contributed by atoms with Crippen molar-refractivity contribution in [3.05, 3.63) is 0 Å². The molecule has 0 fully saturated rings. The predicted molar refractivity (Wildman–Crippen MR) is 44.1 cm³/mol. The number of hydrogen-bond donors (Lipinski definition) is 4. The van der Waals surface area contributed by atoms with Crippen LogP contribution >= 0.6 is 38.4 Å². The van der Waals surface area contributed by atoms with E-state index in [0.29, 0.717) is 3.71 Å². The van der Waals surface area contributed by atoms with Crippen molar-refractivity contribution in [2.24, 2.45) is 0 Å². The van der Waals surface area contributed by atoms with Crippen molar-refractivity contribution in [2.45, 2.75) is 0 Å².